The molecule has 0 spiro atoms. The lowest BCUT2D eigenvalue weighted by molar-refractivity contribution is 0.0977. The molecule has 1 heterocycles. The highest BCUT2D eigenvalue weighted by Crippen LogP contribution is 2.19. The molecule has 1 aromatic heterocycles. The lowest BCUT2D eigenvalue weighted by atomic mass is 10.1. The van der Waals surface area contributed by atoms with E-state index in [1.807, 2.05) is 37.6 Å². The van der Waals surface area contributed by atoms with E-state index in [-0.39, 0.29) is 16.9 Å². The van der Waals surface area contributed by atoms with Crippen LogP contribution in [0.15, 0.2) is 47.5 Å². The van der Waals surface area contributed by atoms with E-state index in [1.165, 1.54) is 18.2 Å². The van der Waals surface area contributed by atoms with E-state index in [1.54, 1.807) is 12.1 Å². The summed E-state index contributed by atoms with van der Waals surface area (Å²) in [7, 11) is 0. The number of amides is 1. The van der Waals surface area contributed by atoms with Gasteiger partial charge in [-0.2, -0.15) is 5.10 Å². The van der Waals surface area contributed by atoms with Crippen LogP contribution < -0.4 is 10.6 Å². The zero-order chi connectivity index (χ0) is 23.3. The van der Waals surface area contributed by atoms with Crippen LogP contribution in [-0.4, -0.2) is 28.2 Å². The van der Waals surface area contributed by atoms with Crippen molar-refractivity contribution in [3.8, 4) is 0 Å². The monoisotopic (exact) mass is 455 g/mol. The number of halogens is 2. The molecular formula is C24H27ClFN5O. The molecule has 0 atom stereocenters. The number of benzene rings is 2. The maximum Gasteiger partial charge on any atom is 0.257 e. The van der Waals surface area contributed by atoms with Crippen molar-refractivity contribution in [2.45, 2.75) is 40.7 Å². The molecule has 2 N–H and O–H groups in total. The fourth-order valence-electron chi connectivity index (χ4n) is 3.47. The van der Waals surface area contributed by atoms with Gasteiger partial charge in [0, 0.05) is 30.0 Å². The fraction of sp³-hybridized carbons (Fsp3) is 0.292. The van der Waals surface area contributed by atoms with Crippen LogP contribution in [0.2, 0.25) is 5.02 Å². The fourth-order valence-corrected chi connectivity index (χ4v) is 3.65. The average Bonchev–Trinajstić information content (AvgIpc) is 3.03. The molecule has 0 radical (unpaired) electrons. The van der Waals surface area contributed by atoms with E-state index in [9.17, 15) is 9.18 Å². The molecule has 8 heteroatoms. The van der Waals surface area contributed by atoms with E-state index in [4.69, 9.17) is 11.6 Å². The molecule has 0 bridgehead atoms. The van der Waals surface area contributed by atoms with Crippen molar-refractivity contribution in [1.82, 2.24) is 15.1 Å². The second-order valence-electron chi connectivity index (χ2n) is 7.52. The summed E-state index contributed by atoms with van der Waals surface area (Å²) in [6.07, 6.45) is 0.674. The quantitative estimate of drug-likeness (QED) is 0.403. The molecule has 0 saturated carbocycles. The number of nitrogens with zero attached hydrogens (tertiary/aromatic N) is 3. The lowest BCUT2D eigenvalue weighted by Gasteiger charge is -2.13. The van der Waals surface area contributed by atoms with Crippen LogP contribution in [0.1, 0.15) is 39.8 Å². The Bertz CT molecular complexity index is 1160. The molecule has 0 unspecified atom stereocenters. The first-order valence-corrected chi connectivity index (χ1v) is 10.8. The Labute approximate surface area is 192 Å². The van der Waals surface area contributed by atoms with Crippen molar-refractivity contribution in [3.63, 3.8) is 0 Å². The molecule has 1 amide bonds. The summed E-state index contributed by atoms with van der Waals surface area (Å²) >= 11 is 5.90. The van der Waals surface area contributed by atoms with Crippen LogP contribution in [0.3, 0.4) is 0 Å². The topological polar surface area (TPSA) is 71.3 Å². The maximum absolute atomic E-state index is 13.5. The van der Waals surface area contributed by atoms with Gasteiger partial charge in [0.2, 0.25) is 5.96 Å². The second-order valence-corrected chi connectivity index (χ2v) is 7.93. The van der Waals surface area contributed by atoms with Gasteiger partial charge in [0.15, 0.2) is 0 Å². The minimum absolute atomic E-state index is 0.0161. The Morgan fingerprint density at radius 3 is 2.62 bits per heavy atom. The minimum atomic E-state index is -0.515. The molecule has 0 saturated heterocycles. The summed E-state index contributed by atoms with van der Waals surface area (Å²) in [5.41, 5.74) is 5.25. The van der Waals surface area contributed by atoms with Gasteiger partial charge in [-0.15, -0.1) is 0 Å². The maximum atomic E-state index is 13.5. The first kappa shape index (κ1) is 23.5. The lowest BCUT2D eigenvalue weighted by Crippen LogP contribution is -2.36. The van der Waals surface area contributed by atoms with Crippen molar-refractivity contribution < 1.29 is 9.18 Å². The van der Waals surface area contributed by atoms with Gasteiger partial charge in [0.05, 0.1) is 10.7 Å². The highest BCUT2D eigenvalue weighted by molar-refractivity contribution is 6.31. The highest BCUT2D eigenvalue weighted by atomic mass is 35.5. The zero-order valence-corrected chi connectivity index (χ0v) is 19.4. The van der Waals surface area contributed by atoms with Crippen LogP contribution in [0.5, 0.6) is 0 Å². The number of hydrogen-bond donors (Lipinski definition) is 2. The third kappa shape index (κ3) is 5.73. The van der Waals surface area contributed by atoms with Gasteiger partial charge in [0.1, 0.15) is 5.82 Å². The third-order valence-electron chi connectivity index (χ3n) is 5.16. The summed E-state index contributed by atoms with van der Waals surface area (Å²) in [6, 6.07) is 11.5. The Balaban J connectivity index is 1.81. The number of guanidine groups is 1. The predicted octanol–water partition coefficient (Wildman–Crippen LogP) is 5.06. The highest BCUT2D eigenvalue weighted by Gasteiger charge is 2.13. The molecule has 0 fully saturated rings. The molecule has 0 aliphatic heterocycles. The van der Waals surface area contributed by atoms with Crippen molar-refractivity contribution >= 4 is 29.2 Å². The van der Waals surface area contributed by atoms with E-state index < -0.39 is 5.82 Å². The van der Waals surface area contributed by atoms with Crippen molar-refractivity contribution in [3.05, 3.63) is 81.4 Å². The number of nitrogens with one attached hydrogen (secondary N) is 2. The molecule has 3 aromatic rings. The molecule has 6 nitrogen and oxygen atoms in total. The number of carbonyl (C=O) groups is 1. The van der Waals surface area contributed by atoms with Gasteiger partial charge in [-0.25, -0.2) is 4.39 Å². The van der Waals surface area contributed by atoms with Gasteiger partial charge in [-0.3, -0.25) is 19.8 Å². The summed E-state index contributed by atoms with van der Waals surface area (Å²) < 4.78 is 15.5. The minimum Gasteiger partial charge on any atom is -0.326 e. The molecule has 0 aliphatic carbocycles. The van der Waals surface area contributed by atoms with E-state index >= 15 is 0 Å². The third-order valence-corrected chi connectivity index (χ3v) is 5.45. The molecule has 32 heavy (non-hydrogen) atoms. The van der Waals surface area contributed by atoms with Crippen LogP contribution in [0.25, 0.3) is 0 Å². The molecule has 3 rings (SSSR count). The Kier molecular flexibility index (Phi) is 7.64. The van der Waals surface area contributed by atoms with Gasteiger partial charge in [-0.05, 0) is 70.0 Å². The number of rotatable bonds is 6. The Morgan fingerprint density at radius 2 is 1.97 bits per heavy atom. The Morgan fingerprint density at radius 1 is 1.19 bits per heavy atom. The number of aliphatic imine (C=N–C) groups is 1. The summed E-state index contributed by atoms with van der Waals surface area (Å²) in [6.45, 7) is 9.24. The van der Waals surface area contributed by atoms with Gasteiger partial charge in [-0.1, -0.05) is 29.3 Å². The number of hydrogen-bond acceptors (Lipinski definition) is 3. The van der Waals surface area contributed by atoms with Crippen LogP contribution >= 0.6 is 11.6 Å². The van der Waals surface area contributed by atoms with Crippen LogP contribution in [-0.2, 0) is 13.0 Å². The summed E-state index contributed by atoms with van der Waals surface area (Å²) in [4.78, 5) is 17.3. The summed E-state index contributed by atoms with van der Waals surface area (Å²) in [5, 5.41) is 10.4. The standard InChI is InChI=1S/C24H27ClFN5O/c1-5-31-17(4)20(16(3)30-31)11-12-27-24(28-19-9-10-22(26)21(25)14-19)29-23(32)18-8-6-7-15(2)13-18/h6-10,13-14H,5,11-12H2,1-4H3,(H2,27,28,29,32). The first-order valence-electron chi connectivity index (χ1n) is 10.5. The Hall–Kier alpha value is -3.19. The van der Waals surface area contributed by atoms with E-state index in [0.29, 0.717) is 24.2 Å². The second kappa shape index (κ2) is 10.4. The number of aryl methyl sites for hydroxylation is 3. The van der Waals surface area contributed by atoms with Gasteiger partial charge < -0.3 is 5.32 Å². The predicted molar refractivity (Wildman–Crippen MR) is 127 cm³/mol. The van der Waals surface area contributed by atoms with E-state index in [0.717, 1.165) is 29.1 Å². The normalized spacial score (nSPS) is 11.5. The number of aromatic nitrogens is 2. The smallest absolute Gasteiger partial charge is 0.257 e. The van der Waals surface area contributed by atoms with Crippen LogP contribution in [0, 0.1) is 26.6 Å². The largest absolute Gasteiger partial charge is 0.326 e. The van der Waals surface area contributed by atoms with Crippen molar-refractivity contribution in [1.29, 1.82) is 0 Å². The number of anilines is 1. The SMILES string of the molecule is CCn1nc(C)c(CCN=C(NC(=O)c2cccc(C)c2)Nc2ccc(F)c(Cl)c2)c1C. The first-order chi connectivity index (χ1) is 15.3. The molecule has 0 aliphatic rings. The summed E-state index contributed by atoms with van der Waals surface area (Å²) in [5.74, 6) is -0.546. The van der Waals surface area contributed by atoms with Gasteiger partial charge >= 0.3 is 0 Å². The zero-order valence-electron chi connectivity index (χ0n) is 18.7. The van der Waals surface area contributed by atoms with Crippen molar-refractivity contribution in [2.24, 2.45) is 4.99 Å². The average molecular weight is 456 g/mol. The van der Waals surface area contributed by atoms with Crippen molar-refractivity contribution in [2.75, 3.05) is 11.9 Å². The number of carbonyl (C=O) groups excluding carboxylic acids is 1. The van der Waals surface area contributed by atoms with Crippen LogP contribution in [0.4, 0.5) is 10.1 Å². The molecule has 168 valence electrons. The van der Waals surface area contributed by atoms with Gasteiger partial charge in [0.25, 0.3) is 5.91 Å². The van der Waals surface area contributed by atoms with E-state index in [2.05, 4.69) is 27.6 Å². The molecular weight excluding hydrogens is 429 g/mol. The molecule has 2 aromatic carbocycles.